The lowest BCUT2D eigenvalue weighted by molar-refractivity contribution is 0.0627. The molecule has 0 aliphatic carbocycles. The summed E-state index contributed by atoms with van der Waals surface area (Å²) in [5, 5.41) is -1.20. The minimum atomic E-state index is -3.95. The van der Waals surface area contributed by atoms with Crippen molar-refractivity contribution in [3.8, 4) is 11.1 Å². The quantitative estimate of drug-likeness (QED) is 0.259. The van der Waals surface area contributed by atoms with E-state index in [1.165, 1.54) is 34.9 Å². The van der Waals surface area contributed by atoms with Crippen LogP contribution in [0.2, 0.25) is 0 Å². The number of benzene rings is 4. The van der Waals surface area contributed by atoms with Gasteiger partial charge >= 0.3 is 0 Å². The van der Waals surface area contributed by atoms with Crippen LogP contribution in [-0.2, 0) is 16.4 Å². The summed E-state index contributed by atoms with van der Waals surface area (Å²) in [5.41, 5.74) is 4.00. The van der Waals surface area contributed by atoms with Crippen LogP contribution in [0.3, 0.4) is 0 Å². The van der Waals surface area contributed by atoms with E-state index in [0.29, 0.717) is 26.2 Å². The SMILES string of the molecule is Cl.O=C(c1cccc2c1C(S(=O)(=O)c1ccccc1)CS2(O)O)N1CCN(Cc2ccc(-c3ccccc3)cc2)CC1. The Labute approximate surface area is 254 Å². The fraction of sp³-hybridized carbons (Fsp3) is 0.219. The lowest BCUT2D eigenvalue weighted by atomic mass is 10.0. The molecule has 220 valence electrons. The molecule has 6 rings (SSSR count). The average Bonchev–Trinajstić information content (AvgIpc) is 3.30. The van der Waals surface area contributed by atoms with Crippen molar-refractivity contribution < 1.29 is 22.3 Å². The first-order valence-corrected chi connectivity index (χ1v) is 16.8. The summed E-state index contributed by atoms with van der Waals surface area (Å²) in [6.07, 6.45) is 0. The zero-order chi connectivity index (χ0) is 28.6. The monoisotopic (exact) mass is 624 g/mol. The van der Waals surface area contributed by atoms with Crippen LogP contribution >= 0.6 is 23.0 Å². The predicted octanol–water partition coefficient (Wildman–Crippen LogP) is 6.37. The third kappa shape index (κ3) is 5.86. The van der Waals surface area contributed by atoms with Gasteiger partial charge in [-0.05, 0) is 41.0 Å². The molecule has 4 aromatic carbocycles. The van der Waals surface area contributed by atoms with Crippen LogP contribution in [-0.4, -0.2) is 65.2 Å². The Morgan fingerprint density at radius 2 is 1.36 bits per heavy atom. The van der Waals surface area contributed by atoms with Gasteiger partial charge in [-0.3, -0.25) is 18.8 Å². The van der Waals surface area contributed by atoms with Gasteiger partial charge in [-0.15, -0.1) is 12.4 Å². The molecule has 0 spiro atoms. The van der Waals surface area contributed by atoms with Gasteiger partial charge in [0.25, 0.3) is 5.91 Å². The summed E-state index contributed by atoms with van der Waals surface area (Å²) in [6.45, 7) is 3.13. The summed E-state index contributed by atoms with van der Waals surface area (Å²) in [7, 11) is -7.31. The third-order valence-electron chi connectivity index (χ3n) is 7.93. The van der Waals surface area contributed by atoms with Crippen molar-refractivity contribution in [2.24, 2.45) is 0 Å². The maximum absolute atomic E-state index is 13.8. The number of nitrogens with zero attached hydrogens (tertiary/aromatic N) is 2. The summed E-state index contributed by atoms with van der Waals surface area (Å²) in [6, 6.07) is 31.5. The molecule has 2 aliphatic rings. The second kappa shape index (κ2) is 12.2. The Kier molecular flexibility index (Phi) is 8.80. The maximum atomic E-state index is 13.8. The number of rotatable bonds is 6. The van der Waals surface area contributed by atoms with E-state index in [2.05, 4.69) is 41.3 Å². The fourth-order valence-electron chi connectivity index (χ4n) is 5.72. The molecule has 7 nitrogen and oxygen atoms in total. The molecule has 0 radical (unpaired) electrons. The summed E-state index contributed by atoms with van der Waals surface area (Å²) >= 11 is 0. The van der Waals surface area contributed by atoms with Gasteiger partial charge in [0, 0.05) is 43.9 Å². The highest BCUT2D eigenvalue weighted by molar-refractivity contribution is 8.25. The van der Waals surface area contributed by atoms with Crippen molar-refractivity contribution in [3.05, 3.63) is 120 Å². The first kappa shape index (κ1) is 30.3. The van der Waals surface area contributed by atoms with E-state index in [-0.39, 0.29) is 45.0 Å². The summed E-state index contributed by atoms with van der Waals surface area (Å²) in [4.78, 5) is 18.1. The molecule has 2 heterocycles. The van der Waals surface area contributed by atoms with Crippen LogP contribution in [0.4, 0.5) is 0 Å². The van der Waals surface area contributed by atoms with Crippen LogP contribution < -0.4 is 0 Å². The van der Waals surface area contributed by atoms with Crippen LogP contribution in [0.1, 0.15) is 26.7 Å². The van der Waals surface area contributed by atoms with Crippen molar-refractivity contribution in [1.29, 1.82) is 0 Å². The molecule has 0 bridgehead atoms. The van der Waals surface area contributed by atoms with Gasteiger partial charge in [-0.1, -0.05) is 78.9 Å². The van der Waals surface area contributed by atoms with Crippen molar-refractivity contribution in [2.45, 2.75) is 21.6 Å². The standard InChI is InChI=1S/C32H32N2O5S2.ClH/c35-32(34-20-18-33(19-21-34)22-24-14-16-26(17-15-24)25-8-3-1-4-9-25)28-12-7-13-29-31(28)30(23-40(29,36)37)41(38,39)27-10-5-2-6-11-27;/h1-17,30,36-37H,18-23H2;1H. The first-order chi connectivity index (χ1) is 19.7. The second-order valence-electron chi connectivity index (χ2n) is 10.5. The van der Waals surface area contributed by atoms with E-state index in [9.17, 15) is 22.3 Å². The lowest BCUT2D eigenvalue weighted by Gasteiger charge is -2.35. The van der Waals surface area contributed by atoms with Gasteiger partial charge in [0.05, 0.1) is 15.5 Å². The molecule has 10 heteroatoms. The van der Waals surface area contributed by atoms with E-state index < -0.39 is 25.7 Å². The number of halogens is 1. The molecule has 1 fully saturated rings. The van der Waals surface area contributed by atoms with Gasteiger partial charge in [0.2, 0.25) is 0 Å². The number of sulfone groups is 1. The van der Waals surface area contributed by atoms with Gasteiger partial charge < -0.3 is 4.90 Å². The third-order valence-corrected chi connectivity index (χ3v) is 12.1. The first-order valence-electron chi connectivity index (χ1n) is 13.6. The minimum absolute atomic E-state index is 0. The normalized spacial score (nSPS) is 19.0. The van der Waals surface area contributed by atoms with Gasteiger partial charge in [0.15, 0.2) is 9.84 Å². The second-order valence-corrected chi connectivity index (χ2v) is 14.8. The van der Waals surface area contributed by atoms with Gasteiger partial charge in [-0.25, -0.2) is 8.42 Å². The Balaban J connectivity index is 0.00000353. The van der Waals surface area contributed by atoms with E-state index in [4.69, 9.17) is 0 Å². The van der Waals surface area contributed by atoms with Crippen molar-refractivity contribution in [1.82, 2.24) is 9.80 Å². The number of piperazine rings is 1. The molecule has 1 unspecified atom stereocenters. The topological polar surface area (TPSA) is 98.1 Å². The van der Waals surface area contributed by atoms with Gasteiger partial charge in [0.1, 0.15) is 5.25 Å². The Morgan fingerprint density at radius 3 is 2.00 bits per heavy atom. The number of amides is 1. The molecule has 2 N–H and O–H groups in total. The van der Waals surface area contributed by atoms with Crippen molar-refractivity contribution in [2.75, 3.05) is 31.9 Å². The van der Waals surface area contributed by atoms with Crippen LogP contribution in [0.15, 0.2) is 113 Å². The van der Waals surface area contributed by atoms with Crippen LogP contribution in [0, 0.1) is 0 Å². The Morgan fingerprint density at radius 1 is 0.762 bits per heavy atom. The van der Waals surface area contributed by atoms with Crippen molar-refractivity contribution >= 4 is 38.7 Å². The van der Waals surface area contributed by atoms with E-state index >= 15 is 0 Å². The average molecular weight is 625 g/mol. The number of carbonyl (C=O) groups excluding carboxylic acids is 1. The number of hydrogen-bond donors (Lipinski definition) is 2. The highest BCUT2D eigenvalue weighted by Gasteiger charge is 2.45. The zero-order valence-corrected chi connectivity index (χ0v) is 25.3. The van der Waals surface area contributed by atoms with Crippen LogP contribution in [0.5, 0.6) is 0 Å². The van der Waals surface area contributed by atoms with E-state index in [1.54, 1.807) is 35.2 Å². The summed E-state index contributed by atoms with van der Waals surface area (Å²) < 4.78 is 48.9. The predicted molar refractivity (Wildman–Crippen MR) is 169 cm³/mol. The molecule has 0 saturated carbocycles. The van der Waals surface area contributed by atoms with Gasteiger partial charge in [-0.2, -0.15) is 10.6 Å². The molecule has 0 aromatic heterocycles. The number of hydrogen-bond acceptors (Lipinski definition) is 6. The molecular formula is C32H33ClN2O5S2. The van der Waals surface area contributed by atoms with Crippen LogP contribution in [0.25, 0.3) is 11.1 Å². The molecule has 42 heavy (non-hydrogen) atoms. The van der Waals surface area contributed by atoms with E-state index in [1.807, 2.05) is 18.2 Å². The highest BCUT2D eigenvalue weighted by Crippen LogP contribution is 2.62. The fourth-order valence-corrected chi connectivity index (χ4v) is 10.2. The number of fused-ring (bicyclic) bond motifs is 1. The zero-order valence-electron chi connectivity index (χ0n) is 22.9. The molecule has 2 aliphatic heterocycles. The Hall–Kier alpha value is -3.18. The molecule has 1 saturated heterocycles. The van der Waals surface area contributed by atoms with E-state index in [0.717, 1.165) is 6.54 Å². The molecule has 4 aromatic rings. The molecule has 1 atom stereocenters. The van der Waals surface area contributed by atoms with Crippen molar-refractivity contribution in [3.63, 3.8) is 0 Å². The molecular weight excluding hydrogens is 592 g/mol. The Bertz CT molecular complexity index is 1660. The largest absolute Gasteiger partial charge is 0.336 e. The highest BCUT2D eigenvalue weighted by atomic mass is 35.5. The lowest BCUT2D eigenvalue weighted by Crippen LogP contribution is -2.48. The summed E-state index contributed by atoms with van der Waals surface area (Å²) in [5.74, 6) is -0.625. The number of carbonyl (C=O) groups is 1. The minimum Gasteiger partial charge on any atom is -0.336 e. The smallest absolute Gasteiger partial charge is 0.254 e. The molecule has 1 amide bonds. The maximum Gasteiger partial charge on any atom is 0.254 e.